The van der Waals surface area contributed by atoms with Gasteiger partial charge in [0, 0.05) is 22.0 Å². The van der Waals surface area contributed by atoms with Gasteiger partial charge in [-0.25, -0.2) is 4.98 Å². The summed E-state index contributed by atoms with van der Waals surface area (Å²) < 4.78 is 6.11. The first-order valence-electron chi connectivity index (χ1n) is 7.37. The number of nitrogens with zero attached hydrogens (tertiary/aromatic N) is 5. The first-order chi connectivity index (χ1) is 11.9. The Hall–Kier alpha value is -3.06. The van der Waals surface area contributed by atoms with E-state index in [4.69, 9.17) is 4.74 Å². The van der Waals surface area contributed by atoms with Crippen LogP contribution in [0, 0.1) is 6.17 Å². The molecule has 3 heterocycles. The van der Waals surface area contributed by atoms with Crippen LogP contribution < -0.4 is 4.74 Å². The van der Waals surface area contributed by atoms with Gasteiger partial charge in [0.2, 0.25) is 0 Å². The summed E-state index contributed by atoms with van der Waals surface area (Å²) >= 11 is 1.55. The predicted molar refractivity (Wildman–Crippen MR) is 87.9 cm³/mol. The van der Waals surface area contributed by atoms with E-state index in [-0.39, 0.29) is 0 Å². The van der Waals surface area contributed by atoms with E-state index in [1.54, 1.807) is 17.5 Å². The lowest BCUT2D eigenvalue weighted by atomic mass is 9.70. The summed E-state index contributed by atoms with van der Waals surface area (Å²) in [4.78, 5) is 4.59. The zero-order chi connectivity index (χ0) is 16.0. The molecule has 5 rings (SSSR count). The Morgan fingerprint density at radius 2 is 1.50 bits per heavy atom. The van der Waals surface area contributed by atoms with Crippen molar-refractivity contribution in [3.05, 3.63) is 82.4 Å². The smallest absolute Gasteiger partial charge is 0.429 e. The van der Waals surface area contributed by atoms with E-state index in [2.05, 4.69) is 25.7 Å². The molecule has 24 heavy (non-hydrogen) atoms. The van der Waals surface area contributed by atoms with Crippen LogP contribution in [-0.2, 0) is 5.41 Å². The molecular weight excluding hydrogens is 322 g/mol. The fourth-order valence-electron chi connectivity index (χ4n) is 3.26. The number of thiazole rings is 1. The summed E-state index contributed by atoms with van der Waals surface area (Å²) in [5.74, 6) is 1.52. The van der Waals surface area contributed by atoms with E-state index in [1.807, 2.05) is 53.9 Å². The molecule has 0 bridgehead atoms. The zero-order valence-corrected chi connectivity index (χ0v) is 13.1. The highest BCUT2D eigenvalue weighted by molar-refractivity contribution is 7.09. The Bertz CT molecular complexity index is 909. The largest absolute Gasteiger partial charge is 0.456 e. The van der Waals surface area contributed by atoms with Crippen molar-refractivity contribution in [2.75, 3.05) is 0 Å². The highest BCUT2D eigenvalue weighted by atomic mass is 32.1. The molecule has 0 aliphatic carbocycles. The van der Waals surface area contributed by atoms with Gasteiger partial charge >= 0.3 is 6.17 Å². The van der Waals surface area contributed by atoms with E-state index in [0.717, 1.165) is 27.6 Å². The molecule has 2 aromatic carbocycles. The van der Waals surface area contributed by atoms with Crippen molar-refractivity contribution in [2.45, 2.75) is 5.41 Å². The van der Waals surface area contributed by atoms with E-state index in [1.165, 1.54) is 0 Å². The Morgan fingerprint density at radius 1 is 0.875 bits per heavy atom. The minimum Gasteiger partial charge on any atom is -0.456 e. The first kappa shape index (κ1) is 13.4. The Labute approximate surface area is 141 Å². The molecule has 114 valence electrons. The maximum atomic E-state index is 6.11. The normalized spacial score (nSPS) is 16.6. The Morgan fingerprint density at radius 3 is 2.08 bits per heavy atom. The van der Waals surface area contributed by atoms with Crippen molar-refractivity contribution in [3.63, 3.8) is 0 Å². The van der Waals surface area contributed by atoms with Crippen molar-refractivity contribution in [2.24, 2.45) is 20.7 Å². The third-order valence-corrected chi connectivity index (χ3v) is 5.10. The second kappa shape index (κ2) is 4.97. The maximum absolute atomic E-state index is 6.11. The molecule has 0 spiro atoms. The number of aromatic nitrogens is 1. The van der Waals surface area contributed by atoms with E-state index >= 15 is 0 Å². The Balaban J connectivity index is 1.92. The highest BCUT2D eigenvalue weighted by Gasteiger charge is 2.64. The monoisotopic (exact) mass is 332 g/mol. The minimum atomic E-state index is -0.775. The van der Waals surface area contributed by atoms with Crippen molar-refractivity contribution in [3.8, 4) is 11.5 Å². The average molecular weight is 332 g/mol. The highest BCUT2D eigenvalue weighted by Crippen LogP contribution is 2.57. The van der Waals surface area contributed by atoms with Crippen LogP contribution in [0.4, 0.5) is 0 Å². The van der Waals surface area contributed by atoms with Crippen molar-refractivity contribution < 1.29 is 4.74 Å². The van der Waals surface area contributed by atoms with Gasteiger partial charge in [0.15, 0.2) is 5.01 Å². The number of hydrogen-bond donors (Lipinski definition) is 0. The summed E-state index contributed by atoms with van der Waals surface area (Å²) in [6, 6.07) is 15.8. The second-order valence-corrected chi connectivity index (χ2v) is 6.28. The molecule has 0 unspecified atom stereocenters. The van der Waals surface area contributed by atoms with Crippen LogP contribution in [-0.4, -0.2) is 4.98 Å². The molecule has 2 aliphatic rings. The predicted octanol–water partition coefficient (Wildman–Crippen LogP) is 4.91. The number of hydrogen-bond acceptors (Lipinski definition) is 7. The molecule has 0 atom stereocenters. The van der Waals surface area contributed by atoms with Gasteiger partial charge in [-0.05, 0) is 24.3 Å². The molecule has 0 saturated heterocycles. The molecule has 0 amide bonds. The second-order valence-electron chi connectivity index (χ2n) is 5.38. The van der Waals surface area contributed by atoms with Gasteiger partial charge in [-0.15, -0.1) is 11.3 Å². The Kier molecular flexibility index (Phi) is 2.77. The van der Waals surface area contributed by atoms with Gasteiger partial charge in [-0.1, -0.05) is 24.3 Å². The molecule has 0 saturated carbocycles. The lowest BCUT2D eigenvalue weighted by molar-refractivity contribution is 0.417. The molecule has 6 nitrogen and oxygen atoms in total. The molecule has 0 N–H and O–H groups in total. The van der Waals surface area contributed by atoms with Gasteiger partial charge in [0.05, 0.1) is 21.4 Å². The first-order valence-corrected chi connectivity index (χ1v) is 8.24. The lowest BCUT2D eigenvalue weighted by Gasteiger charge is -2.31. The molecule has 7 heteroatoms. The lowest BCUT2D eigenvalue weighted by Crippen LogP contribution is -2.37. The van der Waals surface area contributed by atoms with Gasteiger partial charge in [-0.3, -0.25) is 0 Å². The summed E-state index contributed by atoms with van der Waals surface area (Å²) in [7, 11) is 0. The SMILES string of the molecule is c1ccc2c(c1)Oc1ccccc1C2(c1nccs1)[C+]1N=NN=N1. The van der Waals surface area contributed by atoms with Crippen LogP contribution >= 0.6 is 11.3 Å². The van der Waals surface area contributed by atoms with Crippen LogP contribution in [0.5, 0.6) is 11.5 Å². The summed E-state index contributed by atoms with van der Waals surface area (Å²) in [6.07, 6.45) is 2.28. The molecule has 2 aliphatic heterocycles. The van der Waals surface area contributed by atoms with Gasteiger partial charge < -0.3 is 4.74 Å². The van der Waals surface area contributed by atoms with Gasteiger partial charge in [-0.2, -0.15) is 0 Å². The number of rotatable bonds is 2. The quantitative estimate of drug-likeness (QED) is 0.626. The molecular formula is C17H10N5OS+. The number of fused-ring (bicyclic) bond motifs is 2. The van der Waals surface area contributed by atoms with E-state index in [0.29, 0.717) is 6.17 Å². The van der Waals surface area contributed by atoms with Crippen LogP contribution in [0.1, 0.15) is 16.1 Å². The third kappa shape index (κ3) is 1.64. The van der Waals surface area contributed by atoms with Crippen molar-refractivity contribution in [1.29, 1.82) is 0 Å². The average Bonchev–Trinajstić information content (AvgIpc) is 3.34. The fourth-order valence-corrected chi connectivity index (χ4v) is 4.13. The third-order valence-electron chi connectivity index (χ3n) is 4.21. The minimum absolute atomic E-state index is 0.501. The molecule has 1 aromatic heterocycles. The zero-order valence-electron chi connectivity index (χ0n) is 12.3. The maximum Gasteiger partial charge on any atom is 0.429 e. The number of benzene rings is 2. The van der Waals surface area contributed by atoms with Gasteiger partial charge in [0.25, 0.3) is 5.41 Å². The van der Waals surface area contributed by atoms with Crippen molar-refractivity contribution >= 4 is 11.3 Å². The van der Waals surface area contributed by atoms with Crippen LogP contribution in [0.15, 0.2) is 80.8 Å². The standard InChI is InChI=1S/C17H10N5OS/c1-3-7-13-11(5-1)17(15-19-21-22-20-15,16-18-9-10-24-16)12-6-2-4-8-14(12)23-13/h1-10H/q+1. The summed E-state index contributed by atoms with van der Waals surface area (Å²) in [5.41, 5.74) is 1.10. The van der Waals surface area contributed by atoms with Crippen molar-refractivity contribution in [1.82, 2.24) is 4.98 Å². The van der Waals surface area contributed by atoms with Crippen LogP contribution in [0.2, 0.25) is 0 Å². The van der Waals surface area contributed by atoms with E-state index in [9.17, 15) is 0 Å². The summed E-state index contributed by atoms with van der Waals surface area (Å²) in [6.45, 7) is 0. The summed E-state index contributed by atoms with van der Waals surface area (Å²) in [5, 5.41) is 18.7. The van der Waals surface area contributed by atoms with Gasteiger partial charge in [0.1, 0.15) is 11.5 Å². The topological polar surface area (TPSA) is 71.6 Å². The van der Waals surface area contributed by atoms with Crippen LogP contribution in [0.25, 0.3) is 0 Å². The fraction of sp³-hybridized carbons (Fsp3) is 0.0588. The molecule has 0 fully saturated rings. The van der Waals surface area contributed by atoms with E-state index < -0.39 is 5.41 Å². The number of ether oxygens (including phenoxy) is 1. The molecule has 3 aromatic rings. The molecule has 0 radical (unpaired) electrons. The van der Waals surface area contributed by atoms with Crippen LogP contribution in [0.3, 0.4) is 0 Å². The number of para-hydroxylation sites is 2.